The first-order chi connectivity index (χ1) is 8.15. The third kappa shape index (κ3) is 4.88. The molecule has 1 N–H and O–H groups in total. The van der Waals surface area contributed by atoms with Crippen molar-refractivity contribution in [1.82, 2.24) is 10.2 Å². The highest BCUT2D eigenvalue weighted by Gasteiger charge is 2.17. The van der Waals surface area contributed by atoms with Gasteiger partial charge in [0.1, 0.15) is 0 Å². The van der Waals surface area contributed by atoms with Gasteiger partial charge in [-0.15, -0.1) is 0 Å². The maximum Gasteiger partial charge on any atom is 0.333 e. The molecule has 0 spiro atoms. The Hall–Kier alpha value is -0.870. The fourth-order valence-electron chi connectivity index (χ4n) is 2.12. The summed E-state index contributed by atoms with van der Waals surface area (Å²) in [5.41, 5.74) is 0.664. The molecule has 0 aromatic carbocycles. The van der Waals surface area contributed by atoms with Crippen LogP contribution in [-0.2, 0) is 9.53 Å². The van der Waals surface area contributed by atoms with Crippen LogP contribution in [0.3, 0.4) is 0 Å². The molecule has 0 amide bonds. The number of nitrogens with zero attached hydrogens (tertiary/aromatic N) is 1. The van der Waals surface area contributed by atoms with Gasteiger partial charge >= 0.3 is 5.97 Å². The Morgan fingerprint density at radius 2 is 2.29 bits per heavy atom. The Kier molecular flexibility index (Phi) is 6.22. The number of nitrogens with one attached hydrogen (secondary N) is 1. The number of methoxy groups -OCH3 is 1. The topological polar surface area (TPSA) is 41.6 Å². The van der Waals surface area contributed by atoms with Crippen LogP contribution in [0.2, 0.25) is 0 Å². The second-order valence-corrected chi connectivity index (χ2v) is 4.67. The zero-order valence-electron chi connectivity index (χ0n) is 11.2. The van der Waals surface area contributed by atoms with Gasteiger partial charge < -0.3 is 15.0 Å². The molecule has 1 rings (SSSR count). The number of hydrogen-bond acceptors (Lipinski definition) is 4. The van der Waals surface area contributed by atoms with Crippen LogP contribution in [0, 0.1) is 0 Å². The van der Waals surface area contributed by atoms with Gasteiger partial charge in [0.2, 0.25) is 0 Å². The maximum absolute atomic E-state index is 11.1. The minimum Gasteiger partial charge on any atom is -0.466 e. The van der Waals surface area contributed by atoms with E-state index in [9.17, 15) is 4.79 Å². The van der Waals surface area contributed by atoms with E-state index in [0.717, 1.165) is 13.1 Å². The van der Waals surface area contributed by atoms with Crippen LogP contribution in [-0.4, -0.2) is 50.7 Å². The molecule has 1 heterocycles. The minimum atomic E-state index is -0.249. The first kappa shape index (κ1) is 14.2. The van der Waals surface area contributed by atoms with E-state index in [1.807, 2.05) is 6.08 Å². The van der Waals surface area contributed by atoms with E-state index in [1.54, 1.807) is 6.92 Å². The van der Waals surface area contributed by atoms with Gasteiger partial charge in [0.05, 0.1) is 7.11 Å². The minimum absolute atomic E-state index is 0.249. The van der Waals surface area contributed by atoms with Crippen LogP contribution in [0.5, 0.6) is 0 Å². The van der Waals surface area contributed by atoms with Gasteiger partial charge in [0.15, 0.2) is 0 Å². The Labute approximate surface area is 104 Å². The lowest BCUT2D eigenvalue weighted by atomic mass is 10.0. The van der Waals surface area contributed by atoms with Crippen molar-refractivity contribution in [3.8, 4) is 0 Å². The molecular formula is C13H24N2O2. The quantitative estimate of drug-likeness (QED) is 0.445. The summed E-state index contributed by atoms with van der Waals surface area (Å²) in [5, 5.41) is 3.37. The monoisotopic (exact) mass is 240 g/mol. The molecule has 17 heavy (non-hydrogen) atoms. The Morgan fingerprint density at radius 1 is 1.53 bits per heavy atom. The lowest BCUT2D eigenvalue weighted by Crippen LogP contribution is -2.43. The molecule has 1 aliphatic rings. The summed E-state index contributed by atoms with van der Waals surface area (Å²) in [6.07, 6.45) is 5.79. The number of rotatable bonds is 5. The van der Waals surface area contributed by atoms with Crippen LogP contribution in [0.1, 0.15) is 26.2 Å². The van der Waals surface area contributed by atoms with Crippen molar-refractivity contribution in [3.63, 3.8) is 0 Å². The molecule has 1 unspecified atom stereocenters. The Morgan fingerprint density at radius 3 is 2.94 bits per heavy atom. The first-order valence-corrected chi connectivity index (χ1v) is 6.31. The summed E-state index contributed by atoms with van der Waals surface area (Å²) < 4.78 is 4.63. The lowest BCUT2D eigenvalue weighted by molar-refractivity contribution is -0.136. The van der Waals surface area contributed by atoms with Gasteiger partial charge in [-0.1, -0.05) is 12.5 Å². The van der Waals surface area contributed by atoms with Crippen LogP contribution in [0.4, 0.5) is 0 Å². The third-order valence-electron chi connectivity index (χ3n) is 3.36. The molecule has 0 saturated carbocycles. The Bertz CT molecular complexity index is 277. The molecule has 4 heteroatoms. The number of piperidine rings is 1. The number of ether oxygens (including phenoxy) is 1. The molecule has 0 bridgehead atoms. The van der Waals surface area contributed by atoms with E-state index in [0.29, 0.717) is 11.6 Å². The van der Waals surface area contributed by atoms with E-state index in [1.165, 1.54) is 32.9 Å². The Balaban J connectivity index is 2.21. The molecule has 1 atom stereocenters. The summed E-state index contributed by atoms with van der Waals surface area (Å²) in [4.78, 5) is 13.5. The van der Waals surface area contributed by atoms with Crippen molar-refractivity contribution in [1.29, 1.82) is 0 Å². The highest BCUT2D eigenvalue weighted by molar-refractivity contribution is 5.87. The van der Waals surface area contributed by atoms with Gasteiger partial charge in [0, 0.05) is 24.7 Å². The van der Waals surface area contributed by atoms with Crippen LogP contribution < -0.4 is 5.32 Å². The summed E-state index contributed by atoms with van der Waals surface area (Å²) in [7, 11) is 3.59. The molecule has 0 aromatic rings. The molecule has 4 nitrogen and oxygen atoms in total. The largest absolute Gasteiger partial charge is 0.466 e. The average molecular weight is 240 g/mol. The van der Waals surface area contributed by atoms with Gasteiger partial charge in [-0.05, 0) is 33.4 Å². The SMILES string of the molecule is COC(=O)C(C)=CCNCC1CCCCN1C. The summed E-state index contributed by atoms with van der Waals surface area (Å²) in [5.74, 6) is -0.249. The van der Waals surface area contributed by atoms with Gasteiger partial charge in [-0.25, -0.2) is 4.79 Å². The number of carbonyl (C=O) groups is 1. The van der Waals surface area contributed by atoms with Crippen LogP contribution >= 0.6 is 0 Å². The second kappa shape index (κ2) is 7.45. The standard InChI is InChI=1S/C13H24N2O2/c1-11(13(16)17-3)7-8-14-10-12-6-4-5-9-15(12)2/h7,12,14H,4-6,8-10H2,1-3H3. The van der Waals surface area contributed by atoms with Crippen LogP contribution in [0.25, 0.3) is 0 Å². The number of esters is 1. The number of carbonyl (C=O) groups excluding carboxylic acids is 1. The van der Waals surface area contributed by atoms with E-state index in [2.05, 4.69) is 22.0 Å². The summed E-state index contributed by atoms with van der Waals surface area (Å²) in [6.45, 7) is 4.69. The van der Waals surface area contributed by atoms with Gasteiger partial charge in [-0.2, -0.15) is 0 Å². The van der Waals surface area contributed by atoms with Crippen molar-refractivity contribution in [2.75, 3.05) is 33.8 Å². The maximum atomic E-state index is 11.1. The summed E-state index contributed by atoms with van der Waals surface area (Å²) >= 11 is 0. The van der Waals surface area contributed by atoms with Crippen molar-refractivity contribution < 1.29 is 9.53 Å². The highest BCUT2D eigenvalue weighted by atomic mass is 16.5. The fourth-order valence-corrected chi connectivity index (χ4v) is 2.12. The summed E-state index contributed by atoms with van der Waals surface area (Å²) in [6, 6.07) is 0.635. The second-order valence-electron chi connectivity index (χ2n) is 4.67. The normalized spacial score (nSPS) is 22.5. The van der Waals surface area contributed by atoms with Crippen molar-refractivity contribution in [2.45, 2.75) is 32.2 Å². The van der Waals surface area contributed by atoms with Crippen molar-refractivity contribution in [3.05, 3.63) is 11.6 Å². The molecule has 0 radical (unpaired) electrons. The van der Waals surface area contributed by atoms with Crippen molar-refractivity contribution >= 4 is 5.97 Å². The predicted molar refractivity (Wildman–Crippen MR) is 68.9 cm³/mol. The molecule has 0 aliphatic carbocycles. The molecule has 1 fully saturated rings. The average Bonchev–Trinajstić information content (AvgIpc) is 2.35. The highest BCUT2D eigenvalue weighted by Crippen LogP contribution is 2.13. The fraction of sp³-hybridized carbons (Fsp3) is 0.769. The van der Waals surface area contributed by atoms with E-state index in [4.69, 9.17) is 0 Å². The lowest BCUT2D eigenvalue weighted by Gasteiger charge is -2.32. The van der Waals surface area contributed by atoms with Gasteiger partial charge in [0.25, 0.3) is 0 Å². The van der Waals surface area contributed by atoms with Crippen LogP contribution in [0.15, 0.2) is 11.6 Å². The van der Waals surface area contributed by atoms with E-state index >= 15 is 0 Å². The number of hydrogen-bond donors (Lipinski definition) is 1. The van der Waals surface area contributed by atoms with E-state index < -0.39 is 0 Å². The first-order valence-electron chi connectivity index (χ1n) is 6.31. The molecule has 1 aliphatic heterocycles. The smallest absolute Gasteiger partial charge is 0.333 e. The predicted octanol–water partition coefficient (Wildman–Crippen LogP) is 1.18. The molecule has 1 saturated heterocycles. The van der Waals surface area contributed by atoms with Gasteiger partial charge in [-0.3, -0.25) is 0 Å². The molecular weight excluding hydrogens is 216 g/mol. The number of likely N-dealkylation sites (tertiary alicyclic amines) is 1. The van der Waals surface area contributed by atoms with Crippen molar-refractivity contribution in [2.24, 2.45) is 0 Å². The molecule has 98 valence electrons. The van der Waals surface area contributed by atoms with E-state index in [-0.39, 0.29) is 5.97 Å². The zero-order chi connectivity index (χ0) is 12.7. The third-order valence-corrected chi connectivity index (χ3v) is 3.36. The molecule has 0 aromatic heterocycles. The zero-order valence-corrected chi connectivity index (χ0v) is 11.2. The number of likely N-dealkylation sites (N-methyl/N-ethyl adjacent to an activating group) is 1.